The molecule has 3 nitrogen and oxygen atoms in total. The van der Waals surface area contributed by atoms with E-state index in [2.05, 4.69) is 31.4 Å². The van der Waals surface area contributed by atoms with Crippen LogP contribution in [0.5, 0.6) is 0 Å². The highest BCUT2D eigenvalue weighted by molar-refractivity contribution is 7.80. The Morgan fingerprint density at radius 1 is 1.39 bits per heavy atom. The summed E-state index contributed by atoms with van der Waals surface area (Å²) in [7, 11) is 0. The zero-order valence-corrected chi connectivity index (χ0v) is 13.0. The van der Waals surface area contributed by atoms with Gasteiger partial charge in [0.1, 0.15) is 0 Å². The van der Waals surface area contributed by atoms with Crippen LogP contribution in [0.25, 0.3) is 0 Å². The summed E-state index contributed by atoms with van der Waals surface area (Å²) in [5, 5.41) is 0.302. The fourth-order valence-electron chi connectivity index (χ4n) is 2.18. The van der Waals surface area contributed by atoms with E-state index in [0.717, 1.165) is 25.6 Å². The molecule has 0 saturated carbocycles. The third-order valence-corrected chi connectivity index (χ3v) is 3.29. The van der Waals surface area contributed by atoms with Crippen LogP contribution < -0.4 is 0 Å². The molecule has 108 valence electrons. The van der Waals surface area contributed by atoms with Crippen LogP contribution in [0.3, 0.4) is 0 Å². The molecular formula is C14H29NO2S. The molecule has 0 aliphatic carbocycles. The molecule has 1 saturated heterocycles. The monoisotopic (exact) mass is 275 g/mol. The molecule has 0 aromatic carbocycles. The average molecular weight is 275 g/mol. The van der Waals surface area contributed by atoms with Gasteiger partial charge in [0.15, 0.2) is 0 Å². The lowest BCUT2D eigenvalue weighted by Gasteiger charge is -2.33. The molecule has 1 aliphatic rings. The van der Waals surface area contributed by atoms with Crippen molar-refractivity contribution in [2.75, 3.05) is 39.5 Å². The zero-order chi connectivity index (χ0) is 13.4. The van der Waals surface area contributed by atoms with Crippen molar-refractivity contribution >= 4 is 12.6 Å². The largest absolute Gasteiger partial charge is 0.378 e. The summed E-state index contributed by atoms with van der Waals surface area (Å²) in [5.74, 6) is 0.807. The maximum absolute atomic E-state index is 5.73. The number of rotatable bonds is 8. The van der Waals surface area contributed by atoms with E-state index in [4.69, 9.17) is 9.47 Å². The minimum absolute atomic E-state index is 0.241. The maximum Gasteiger partial charge on any atom is 0.0935 e. The molecule has 0 N–H and O–H groups in total. The molecule has 0 spiro atoms. The SMILES string of the molecule is CC(C)CCCN1CCO[C@H](COCC(C)S)C1. The summed E-state index contributed by atoms with van der Waals surface area (Å²) in [6, 6.07) is 0. The summed E-state index contributed by atoms with van der Waals surface area (Å²) in [4.78, 5) is 2.50. The molecule has 1 rings (SSSR count). The number of nitrogens with zero attached hydrogens (tertiary/aromatic N) is 1. The first-order chi connectivity index (χ1) is 8.58. The summed E-state index contributed by atoms with van der Waals surface area (Å²) >= 11 is 4.30. The van der Waals surface area contributed by atoms with Gasteiger partial charge in [0, 0.05) is 18.3 Å². The van der Waals surface area contributed by atoms with Gasteiger partial charge in [-0.2, -0.15) is 12.6 Å². The first-order valence-electron chi connectivity index (χ1n) is 7.17. The van der Waals surface area contributed by atoms with Crippen molar-refractivity contribution in [3.63, 3.8) is 0 Å². The molecule has 1 unspecified atom stereocenters. The average Bonchev–Trinajstić information content (AvgIpc) is 2.28. The summed E-state index contributed by atoms with van der Waals surface area (Å²) in [6.45, 7) is 12.1. The van der Waals surface area contributed by atoms with Crippen molar-refractivity contribution < 1.29 is 9.47 Å². The van der Waals surface area contributed by atoms with E-state index in [-0.39, 0.29) is 6.10 Å². The van der Waals surface area contributed by atoms with Gasteiger partial charge in [0.05, 0.1) is 25.9 Å². The Morgan fingerprint density at radius 3 is 2.83 bits per heavy atom. The van der Waals surface area contributed by atoms with Gasteiger partial charge in [0.2, 0.25) is 0 Å². The Labute approximate surface area is 118 Å². The molecule has 1 fully saturated rings. The molecule has 0 aromatic heterocycles. The minimum atomic E-state index is 0.241. The highest BCUT2D eigenvalue weighted by Crippen LogP contribution is 2.10. The second kappa shape index (κ2) is 9.18. The summed E-state index contributed by atoms with van der Waals surface area (Å²) in [5.41, 5.74) is 0. The van der Waals surface area contributed by atoms with Crippen LogP contribution >= 0.6 is 12.6 Å². The van der Waals surface area contributed by atoms with Crippen molar-refractivity contribution in [3.8, 4) is 0 Å². The fraction of sp³-hybridized carbons (Fsp3) is 1.00. The van der Waals surface area contributed by atoms with Crippen LogP contribution in [0.15, 0.2) is 0 Å². The number of hydrogen-bond donors (Lipinski definition) is 1. The predicted molar refractivity (Wildman–Crippen MR) is 79.5 cm³/mol. The molecule has 4 heteroatoms. The van der Waals surface area contributed by atoms with E-state index in [9.17, 15) is 0 Å². The van der Waals surface area contributed by atoms with Gasteiger partial charge in [-0.1, -0.05) is 20.8 Å². The summed E-state index contributed by atoms with van der Waals surface area (Å²) < 4.78 is 11.3. The molecular weight excluding hydrogens is 246 g/mol. The molecule has 0 bridgehead atoms. The normalized spacial score (nSPS) is 23.5. The van der Waals surface area contributed by atoms with Gasteiger partial charge >= 0.3 is 0 Å². The zero-order valence-electron chi connectivity index (χ0n) is 12.1. The van der Waals surface area contributed by atoms with E-state index in [1.807, 2.05) is 6.92 Å². The predicted octanol–water partition coefficient (Wildman–Crippen LogP) is 2.46. The lowest BCUT2D eigenvalue weighted by atomic mass is 10.1. The van der Waals surface area contributed by atoms with Crippen LogP contribution in [0.2, 0.25) is 0 Å². The van der Waals surface area contributed by atoms with Crippen molar-refractivity contribution in [2.45, 2.75) is 45.0 Å². The highest BCUT2D eigenvalue weighted by Gasteiger charge is 2.20. The van der Waals surface area contributed by atoms with Crippen molar-refractivity contribution in [1.82, 2.24) is 4.90 Å². The molecule has 2 atom stereocenters. The van der Waals surface area contributed by atoms with E-state index in [1.165, 1.54) is 19.4 Å². The second-order valence-electron chi connectivity index (χ2n) is 5.72. The van der Waals surface area contributed by atoms with E-state index < -0.39 is 0 Å². The maximum atomic E-state index is 5.73. The quantitative estimate of drug-likeness (QED) is 0.688. The highest BCUT2D eigenvalue weighted by atomic mass is 32.1. The topological polar surface area (TPSA) is 21.7 Å². The second-order valence-corrected chi connectivity index (χ2v) is 6.60. The lowest BCUT2D eigenvalue weighted by Crippen LogP contribution is -2.44. The number of morpholine rings is 1. The first kappa shape index (κ1) is 16.3. The van der Waals surface area contributed by atoms with Crippen LogP contribution in [-0.4, -0.2) is 55.7 Å². The summed E-state index contributed by atoms with van der Waals surface area (Å²) in [6.07, 6.45) is 2.85. The van der Waals surface area contributed by atoms with Gasteiger partial charge in [-0.3, -0.25) is 4.90 Å². The van der Waals surface area contributed by atoms with Gasteiger partial charge < -0.3 is 9.47 Å². The Morgan fingerprint density at radius 2 is 2.17 bits per heavy atom. The molecule has 1 heterocycles. The van der Waals surface area contributed by atoms with Gasteiger partial charge in [-0.15, -0.1) is 0 Å². The number of ether oxygens (including phenoxy) is 2. The third-order valence-electron chi connectivity index (χ3n) is 3.14. The Kier molecular flexibility index (Phi) is 8.31. The Hall–Kier alpha value is 0.230. The van der Waals surface area contributed by atoms with E-state index in [0.29, 0.717) is 18.5 Å². The van der Waals surface area contributed by atoms with Gasteiger partial charge in [-0.05, 0) is 25.3 Å². The lowest BCUT2D eigenvalue weighted by molar-refractivity contribution is -0.0687. The number of hydrogen-bond acceptors (Lipinski definition) is 4. The molecule has 0 aromatic rings. The van der Waals surface area contributed by atoms with Gasteiger partial charge in [-0.25, -0.2) is 0 Å². The van der Waals surface area contributed by atoms with Crippen LogP contribution in [0, 0.1) is 5.92 Å². The first-order valence-corrected chi connectivity index (χ1v) is 7.69. The standard InChI is InChI=1S/C14H29NO2S/c1-12(2)5-4-6-15-7-8-17-14(9-15)11-16-10-13(3)18/h12-14,18H,4-11H2,1-3H3/t13?,14-/m0/s1. The number of thiol groups is 1. The van der Waals surface area contributed by atoms with Crippen molar-refractivity contribution in [1.29, 1.82) is 0 Å². The molecule has 1 aliphatic heterocycles. The van der Waals surface area contributed by atoms with Crippen molar-refractivity contribution in [2.24, 2.45) is 5.92 Å². The molecule has 0 amide bonds. The van der Waals surface area contributed by atoms with Crippen LogP contribution in [0.1, 0.15) is 33.6 Å². The minimum Gasteiger partial charge on any atom is -0.378 e. The van der Waals surface area contributed by atoms with Crippen LogP contribution in [-0.2, 0) is 9.47 Å². The Balaban J connectivity index is 2.11. The van der Waals surface area contributed by atoms with E-state index in [1.54, 1.807) is 0 Å². The Bertz CT molecular complexity index is 192. The fourth-order valence-corrected chi connectivity index (χ4v) is 2.28. The molecule has 0 radical (unpaired) electrons. The smallest absolute Gasteiger partial charge is 0.0935 e. The van der Waals surface area contributed by atoms with Crippen LogP contribution in [0.4, 0.5) is 0 Å². The molecule has 18 heavy (non-hydrogen) atoms. The van der Waals surface area contributed by atoms with E-state index >= 15 is 0 Å². The van der Waals surface area contributed by atoms with Gasteiger partial charge in [0.25, 0.3) is 0 Å². The van der Waals surface area contributed by atoms with Crippen molar-refractivity contribution in [3.05, 3.63) is 0 Å². The third kappa shape index (κ3) is 7.62.